The third-order valence-electron chi connectivity index (χ3n) is 1.96. The highest BCUT2D eigenvalue weighted by Crippen LogP contribution is 2.21. The maximum atomic E-state index is 11.3. The third-order valence-corrected chi connectivity index (χ3v) is 2.65. The van der Waals surface area contributed by atoms with Crippen molar-refractivity contribution in [2.24, 2.45) is 0 Å². The van der Waals surface area contributed by atoms with Crippen molar-refractivity contribution in [3.05, 3.63) is 28.2 Å². The van der Waals surface area contributed by atoms with Gasteiger partial charge >= 0.3 is 5.97 Å². The quantitative estimate of drug-likeness (QED) is 0.894. The van der Waals surface area contributed by atoms with E-state index in [1.165, 1.54) is 6.07 Å². The molecule has 0 atom stereocenters. The summed E-state index contributed by atoms with van der Waals surface area (Å²) in [4.78, 5) is 22.2. The average molecular weight is 286 g/mol. The molecule has 0 saturated heterocycles. The van der Waals surface area contributed by atoms with Crippen molar-refractivity contribution < 1.29 is 14.7 Å². The molecule has 1 rings (SSSR count). The maximum Gasteiger partial charge on any atom is 0.336 e. The molecule has 86 valence electrons. The molecular formula is C11H12BrNO3. The van der Waals surface area contributed by atoms with Gasteiger partial charge in [-0.25, -0.2) is 4.79 Å². The molecule has 1 amide bonds. The molecule has 0 radical (unpaired) electrons. The zero-order chi connectivity index (χ0) is 12.1. The van der Waals surface area contributed by atoms with E-state index >= 15 is 0 Å². The molecule has 5 heteroatoms. The van der Waals surface area contributed by atoms with Gasteiger partial charge < -0.3 is 10.4 Å². The summed E-state index contributed by atoms with van der Waals surface area (Å²) >= 11 is 3.13. The van der Waals surface area contributed by atoms with Crippen molar-refractivity contribution in [3.8, 4) is 0 Å². The molecule has 0 aliphatic carbocycles. The summed E-state index contributed by atoms with van der Waals surface area (Å²) in [7, 11) is 0. The van der Waals surface area contributed by atoms with Gasteiger partial charge in [0.05, 0.1) is 5.56 Å². The van der Waals surface area contributed by atoms with E-state index in [9.17, 15) is 9.59 Å². The molecular weight excluding hydrogens is 274 g/mol. The van der Waals surface area contributed by atoms with Crippen LogP contribution in [0.1, 0.15) is 30.1 Å². The maximum absolute atomic E-state index is 11.3. The van der Waals surface area contributed by atoms with E-state index in [-0.39, 0.29) is 11.5 Å². The predicted molar refractivity (Wildman–Crippen MR) is 64.6 cm³/mol. The molecule has 0 spiro atoms. The van der Waals surface area contributed by atoms with Gasteiger partial charge in [0.25, 0.3) is 0 Å². The van der Waals surface area contributed by atoms with Crippen molar-refractivity contribution in [1.29, 1.82) is 0 Å². The van der Waals surface area contributed by atoms with Crippen molar-refractivity contribution in [1.82, 2.24) is 0 Å². The molecule has 0 bridgehead atoms. The second kappa shape index (κ2) is 5.65. The number of carboxylic acids is 1. The lowest BCUT2D eigenvalue weighted by Gasteiger charge is -2.06. The van der Waals surface area contributed by atoms with Gasteiger partial charge in [-0.2, -0.15) is 0 Å². The molecule has 1 aromatic rings. The van der Waals surface area contributed by atoms with Crippen molar-refractivity contribution >= 4 is 33.5 Å². The number of hydrogen-bond acceptors (Lipinski definition) is 2. The largest absolute Gasteiger partial charge is 0.478 e. The lowest BCUT2D eigenvalue weighted by Crippen LogP contribution is -2.11. The summed E-state index contributed by atoms with van der Waals surface area (Å²) in [5.41, 5.74) is 0.633. The number of carbonyl (C=O) groups excluding carboxylic acids is 1. The number of carboxylic acid groups (broad SMARTS) is 1. The summed E-state index contributed by atoms with van der Waals surface area (Å²) in [5, 5.41) is 11.5. The normalized spacial score (nSPS) is 9.88. The van der Waals surface area contributed by atoms with Gasteiger partial charge in [0.15, 0.2) is 0 Å². The van der Waals surface area contributed by atoms with Crippen LogP contribution in [-0.2, 0) is 4.79 Å². The third kappa shape index (κ3) is 3.34. The molecule has 0 aliphatic heterocycles. The minimum atomic E-state index is -1.03. The fourth-order valence-corrected chi connectivity index (χ4v) is 1.63. The second-order valence-electron chi connectivity index (χ2n) is 3.30. The van der Waals surface area contributed by atoms with Crippen LogP contribution in [0, 0.1) is 0 Å². The Morgan fingerprint density at radius 2 is 2.12 bits per heavy atom. The Hall–Kier alpha value is -1.36. The Balaban J connectivity index is 2.87. The van der Waals surface area contributed by atoms with Gasteiger partial charge in [0.1, 0.15) is 0 Å². The Morgan fingerprint density at radius 1 is 1.44 bits per heavy atom. The molecule has 0 aliphatic rings. The predicted octanol–water partition coefficient (Wildman–Crippen LogP) is 2.89. The second-order valence-corrected chi connectivity index (χ2v) is 4.15. The van der Waals surface area contributed by atoms with Crippen LogP contribution >= 0.6 is 15.9 Å². The van der Waals surface area contributed by atoms with Gasteiger partial charge in [0.2, 0.25) is 5.91 Å². The summed E-state index contributed by atoms with van der Waals surface area (Å²) < 4.78 is 0.494. The Morgan fingerprint density at radius 3 is 2.69 bits per heavy atom. The topological polar surface area (TPSA) is 66.4 Å². The van der Waals surface area contributed by atoms with Gasteiger partial charge in [-0.1, -0.05) is 6.92 Å². The van der Waals surface area contributed by atoms with Crippen LogP contribution in [0.15, 0.2) is 22.7 Å². The van der Waals surface area contributed by atoms with E-state index in [1.807, 2.05) is 6.92 Å². The van der Waals surface area contributed by atoms with Crippen LogP contribution in [0.5, 0.6) is 0 Å². The number of rotatable bonds is 4. The highest BCUT2D eigenvalue weighted by molar-refractivity contribution is 9.10. The molecule has 0 unspecified atom stereocenters. The first-order valence-electron chi connectivity index (χ1n) is 4.87. The van der Waals surface area contributed by atoms with E-state index in [0.29, 0.717) is 16.6 Å². The SMILES string of the molecule is CCCC(=O)Nc1ccc(Br)c(C(=O)O)c1. The molecule has 0 heterocycles. The van der Waals surface area contributed by atoms with E-state index in [1.54, 1.807) is 12.1 Å². The fourth-order valence-electron chi connectivity index (χ4n) is 1.22. The molecule has 4 nitrogen and oxygen atoms in total. The Labute approximate surface area is 102 Å². The van der Waals surface area contributed by atoms with Crippen molar-refractivity contribution in [3.63, 3.8) is 0 Å². The Kier molecular flexibility index (Phi) is 4.49. The van der Waals surface area contributed by atoms with E-state index < -0.39 is 5.97 Å². The number of nitrogens with one attached hydrogen (secondary N) is 1. The molecule has 0 fully saturated rings. The fraction of sp³-hybridized carbons (Fsp3) is 0.273. The van der Waals surface area contributed by atoms with Gasteiger partial charge in [0, 0.05) is 16.6 Å². The van der Waals surface area contributed by atoms with Crippen molar-refractivity contribution in [2.75, 3.05) is 5.32 Å². The van der Waals surface area contributed by atoms with Gasteiger partial charge in [-0.05, 0) is 40.5 Å². The van der Waals surface area contributed by atoms with Crippen LogP contribution in [-0.4, -0.2) is 17.0 Å². The monoisotopic (exact) mass is 285 g/mol. The highest BCUT2D eigenvalue weighted by Gasteiger charge is 2.10. The minimum Gasteiger partial charge on any atom is -0.478 e. The molecule has 0 aromatic heterocycles. The summed E-state index contributed by atoms with van der Waals surface area (Å²) in [5.74, 6) is -1.14. The van der Waals surface area contributed by atoms with E-state index in [2.05, 4.69) is 21.2 Å². The number of halogens is 1. The summed E-state index contributed by atoms with van der Waals surface area (Å²) in [6.45, 7) is 1.91. The number of benzene rings is 1. The van der Waals surface area contributed by atoms with Crippen molar-refractivity contribution in [2.45, 2.75) is 19.8 Å². The standard InChI is InChI=1S/C11H12BrNO3/c1-2-3-10(14)13-7-4-5-9(12)8(6-7)11(15)16/h4-6H,2-3H2,1H3,(H,13,14)(H,15,16). The first-order valence-corrected chi connectivity index (χ1v) is 5.66. The number of hydrogen-bond donors (Lipinski definition) is 2. The highest BCUT2D eigenvalue weighted by atomic mass is 79.9. The van der Waals surface area contributed by atoms with E-state index in [0.717, 1.165) is 6.42 Å². The number of amides is 1. The number of anilines is 1. The van der Waals surface area contributed by atoms with Crippen LogP contribution in [0.25, 0.3) is 0 Å². The zero-order valence-corrected chi connectivity index (χ0v) is 10.4. The van der Waals surface area contributed by atoms with Crippen LogP contribution in [0.2, 0.25) is 0 Å². The number of carbonyl (C=O) groups is 2. The minimum absolute atomic E-state index is 0.110. The van der Waals surface area contributed by atoms with Gasteiger partial charge in [-0.3, -0.25) is 4.79 Å². The van der Waals surface area contributed by atoms with Crippen LogP contribution in [0.3, 0.4) is 0 Å². The summed E-state index contributed by atoms with van der Waals surface area (Å²) in [6, 6.07) is 4.69. The summed E-state index contributed by atoms with van der Waals surface area (Å²) in [6.07, 6.45) is 1.19. The molecule has 1 aromatic carbocycles. The van der Waals surface area contributed by atoms with E-state index in [4.69, 9.17) is 5.11 Å². The number of aromatic carboxylic acids is 1. The Bertz CT molecular complexity index is 418. The lowest BCUT2D eigenvalue weighted by molar-refractivity contribution is -0.116. The van der Waals surface area contributed by atoms with Crippen LogP contribution < -0.4 is 5.32 Å². The molecule has 16 heavy (non-hydrogen) atoms. The smallest absolute Gasteiger partial charge is 0.336 e. The van der Waals surface area contributed by atoms with Gasteiger partial charge in [-0.15, -0.1) is 0 Å². The molecule has 2 N–H and O–H groups in total. The lowest BCUT2D eigenvalue weighted by atomic mass is 10.2. The molecule has 0 saturated carbocycles. The average Bonchev–Trinajstić information content (AvgIpc) is 2.21. The zero-order valence-electron chi connectivity index (χ0n) is 8.79. The first-order chi connectivity index (χ1) is 7.54. The first kappa shape index (κ1) is 12.7. The van der Waals surface area contributed by atoms with Crippen LogP contribution in [0.4, 0.5) is 5.69 Å².